The van der Waals surface area contributed by atoms with Gasteiger partial charge in [0.05, 0.1) is 18.7 Å². The van der Waals surface area contributed by atoms with E-state index in [9.17, 15) is 9.59 Å². The third kappa shape index (κ3) is 6.67. The van der Waals surface area contributed by atoms with Crippen molar-refractivity contribution < 1.29 is 19.1 Å². The molecule has 1 saturated carbocycles. The highest BCUT2D eigenvalue weighted by Gasteiger charge is 2.29. The molecule has 0 spiro atoms. The van der Waals surface area contributed by atoms with Crippen molar-refractivity contribution in [2.75, 3.05) is 20.3 Å². The molecule has 2 N–H and O–H groups in total. The van der Waals surface area contributed by atoms with E-state index in [1.807, 2.05) is 6.92 Å². The molecule has 2 rings (SSSR count). The van der Waals surface area contributed by atoms with Crippen LogP contribution in [0.15, 0.2) is 18.2 Å². The molecule has 1 fully saturated rings. The van der Waals surface area contributed by atoms with Gasteiger partial charge in [-0.05, 0) is 63.3 Å². The summed E-state index contributed by atoms with van der Waals surface area (Å²) in [4.78, 5) is 24.8. The maximum atomic E-state index is 12.5. The molecule has 0 saturated heterocycles. The Hall–Kier alpha value is -2.21. The summed E-state index contributed by atoms with van der Waals surface area (Å²) < 4.78 is 10.8. The summed E-state index contributed by atoms with van der Waals surface area (Å²) in [6.07, 6.45) is 7.77. The summed E-state index contributed by atoms with van der Waals surface area (Å²) in [5, 5.41) is 6.11. The van der Waals surface area contributed by atoms with E-state index in [2.05, 4.69) is 10.6 Å². The van der Waals surface area contributed by atoms with Crippen LogP contribution in [0, 0.1) is 5.92 Å². The van der Waals surface area contributed by atoms with Gasteiger partial charge >= 0.3 is 0 Å². The van der Waals surface area contributed by atoms with Crippen molar-refractivity contribution >= 4 is 29.5 Å². The predicted octanol–water partition coefficient (Wildman–Crippen LogP) is 3.96. The highest BCUT2D eigenvalue weighted by molar-refractivity contribution is 6.32. The molecule has 0 radical (unpaired) electrons. The van der Waals surface area contributed by atoms with Gasteiger partial charge in [-0.25, -0.2) is 0 Å². The van der Waals surface area contributed by atoms with Gasteiger partial charge in [0.2, 0.25) is 11.8 Å². The Balaban J connectivity index is 1.97. The van der Waals surface area contributed by atoms with Gasteiger partial charge in [0.25, 0.3) is 0 Å². The van der Waals surface area contributed by atoms with Crippen LogP contribution in [-0.2, 0) is 9.59 Å². The van der Waals surface area contributed by atoms with Crippen molar-refractivity contribution in [3.05, 3.63) is 28.8 Å². The first-order valence-corrected chi connectivity index (χ1v) is 10.4. The van der Waals surface area contributed by atoms with E-state index in [4.69, 9.17) is 21.1 Å². The fraction of sp³-hybridized carbons (Fsp3) is 0.545. The summed E-state index contributed by atoms with van der Waals surface area (Å²) in [6, 6.07) is 3.43. The summed E-state index contributed by atoms with van der Waals surface area (Å²) in [7, 11) is 1.52. The Kier molecular flexibility index (Phi) is 8.38. The molecule has 6 nitrogen and oxygen atoms in total. The van der Waals surface area contributed by atoms with Gasteiger partial charge in [-0.1, -0.05) is 24.4 Å². The zero-order chi connectivity index (χ0) is 21.4. The lowest BCUT2D eigenvalue weighted by atomic mass is 10.0. The number of methoxy groups -OCH3 is 1. The smallest absolute Gasteiger partial charge is 0.245 e. The van der Waals surface area contributed by atoms with E-state index >= 15 is 0 Å². The van der Waals surface area contributed by atoms with Gasteiger partial charge in [0.15, 0.2) is 11.5 Å². The minimum Gasteiger partial charge on any atom is -0.491 e. The van der Waals surface area contributed by atoms with E-state index in [-0.39, 0.29) is 11.8 Å². The lowest BCUT2D eigenvalue weighted by Gasteiger charge is -2.25. The second kappa shape index (κ2) is 10.5. The van der Waals surface area contributed by atoms with E-state index in [0.29, 0.717) is 41.2 Å². The zero-order valence-corrected chi connectivity index (χ0v) is 18.4. The van der Waals surface area contributed by atoms with Gasteiger partial charge < -0.3 is 20.1 Å². The lowest BCUT2D eigenvalue weighted by Crippen LogP contribution is -2.54. The van der Waals surface area contributed by atoms with Gasteiger partial charge in [0.1, 0.15) is 5.54 Å². The number of amides is 2. The average molecular weight is 423 g/mol. The Labute approximate surface area is 178 Å². The van der Waals surface area contributed by atoms with Crippen molar-refractivity contribution in [2.24, 2.45) is 5.92 Å². The fourth-order valence-corrected chi connectivity index (χ4v) is 3.69. The Morgan fingerprint density at radius 3 is 2.59 bits per heavy atom. The van der Waals surface area contributed by atoms with Crippen LogP contribution in [0.1, 0.15) is 52.0 Å². The quantitative estimate of drug-likeness (QED) is 0.590. The Bertz CT molecular complexity index is 755. The third-order valence-electron chi connectivity index (χ3n) is 4.99. The van der Waals surface area contributed by atoms with Crippen LogP contribution < -0.4 is 20.1 Å². The number of halogens is 1. The highest BCUT2D eigenvalue weighted by atomic mass is 35.5. The van der Waals surface area contributed by atoms with Crippen LogP contribution in [-0.4, -0.2) is 37.6 Å². The van der Waals surface area contributed by atoms with Crippen molar-refractivity contribution in [3.8, 4) is 11.5 Å². The molecule has 160 valence electrons. The topological polar surface area (TPSA) is 76.7 Å². The molecule has 0 unspecified atom stereocenters. The molecule has 1 aliphatic carbocycles. The number of hydrogen-bond donors (Lipinski definition) is 2. The highest BCUT2D eigenvalue weighted by Crippen LogP contribution is 2.36. The minimum atomic E-state index is -1.01. The van der Waals surface area contributed by atoms with E-state index in [1.54, 1.807) is 32.1 Å². The molecule has 2 amide bonds. The first-order chi connectivity index (χ1) is 13.8. The van der Waals surface area contributed by atoms with Crippen LogP contribution in [0.25, 0.3) is 6.08 Å². The number of ether oxygens (including phenoxy) is 2. The van der Waals surface area contributed by atoms with Crippen LogP contribution in [0.3, 0.4) is 0 Å². The van der Waals surface area contributed by atoms with Crippen LogP contribution in [0.2, 0.25) is 5.02 Å². The predicted molar refractivity (Wildman–Crippen MR) is 115 cm³/mol. The van der Waals surface area contributed by atoms with Gasteiger partial charge in [0, 0.05) is 12.6 Å². The largest absolute Gasteiger partial charge is 0.491 e. The third-order valence-corrected chi connectivity index (χ3v) is 5.27. The normalized spacial score (nSPS) is 14.8. The second-order valence-corrected chi connectivity index (χ2v) is 8.18. The average Bonchev–Trinajstić information content (AvgIpc) is 3.18. The number of nitrogens with one attached hydrogen (secondary N) is 2. The molecule has 0 aliphatic heterocycles. The van der Waals surface area contributed by atoms with Crippen molar-refractivity contribution in [1.29, 1.82) is 0 Å². The number of carbonyl (C=O) groups excluding carboxylic acids is 2. The molecular weight excluding hydrogens is 392 g/mol. The minimum absolute atomic E-state index is 0.183. The van der Waals surface area contributed by atoms with Crippen molar-refractivity contribution in [1.82, 2.24) is 10.6 Å². The number of hydrogen-bond acceptors (Lipinski definition) is 4. The van der Waals surface area contributed by atoms with Crippen LogP contribution >= 0.6 is 11.6 Å². The lowest BCUT2D eigenvalue weighted by molar-refractivity contribution is -0.130. The number of carbonyl (C=O) groups is 2. The molecule has 1 aromatic rings. The van der Waals surface area contributed by atoms with E-state index in [1.165, 1.54) is 26.0 Å². The maximum absolute atomic E-state index is 12.5. The van der Waals surface area contributed by atoms with Crippen LogP contribution in [0.5, 0.6) is 11.5 Å². The SMILES string of the molecule is CCOc1cc(/C=C/C(=O)NC(C)(C)C(=O)NCC2CCCC2)cc(Cl)c1OC. The fourth-order valence-electron chi connectivity index (χ4n) is 3.40. The monoisotopic (exact) mass is 422 g/mol. The van der Waals surface area contributed by atoms with Crippen molar-refractivity contribution in [2.45, 2.75) is 52.0 Å². The standard InChI is InChI=1S/C22H31ClN2O4/c1-5-29-18-13-16(12-17(23)20(18)28-4)10-11-19(26)25-22(2,3)21(27)24-14-15-8-6-7-9-15/h10-13,15H,5-9,14H2,1-4H3,(H,24,27)(H,25,26)/b11-10+. The zero-order valence-electron chi connectivity index (χ0n) is 17.6. The summed E-state index contributed by atoms with van der Waals surface area (Å²) in [6.45, 7) is 6.38. The molecule has 1 aromatic carbocycles. The summed E-state index contributed by atoms with van der Waals surface area (Å²) in [5.41, 5.74) is -0.313. The van der Waals surface area contributed by atoms with Gasteiger partial charge in [-0.2, -0.15) is 0 Å². The van der Waals surface area contributed by atoms with E-state index < -0.39 is 5.54 Å². The molecular formula is C22H31ClN2O4. The first-order valence-electron chi connectivity index (χ1n) is 10.1. The Morgan fingerprint density at radius 2 is 1.97 bits per heavy atom. The Morgan fingerprint density at radius 1 is 1.28 bits per heavy atom. The molecule has 7 heteroatoms. The van der Waals surface area contributed by atoms with Gasteiger partial charge in [-0.15, -0.1) is 0 Å². The molecule has 0 heterocycles. The van der Waals surface area contributed by atoms with Crippen LogP contribution in [0.4, 0.5) is 0 Å². The summed E-state index contributed by atoms with van der Waals surface area (Å²) >= 11 is 6.23. The van der Waals surface area contributed by atoms with E-state index in [0.717, 1.165) is 12.8 Å². The second-order valence-electron chi connectivity index (χ2n) is 7.78. The molecule has 1 aliphatic rings. The molecule has 29 heavy (non-hydrogen) atoms. The van der Waals surface area contributed by atoms with Gasteiger partial charge in [-0.3, -0.25) is 9.59 Å². The first kappa shape index (κ1) is 23.1. The number of benzene rings is 1. The number of rotatable bonds is 9. The molecule has 0 atom stereocenters. The van der Waals surface area contributed by atoms with Crippen molar-refractivity contribution in [3.63, 3.8) is 0 Å². The maximum Gasteiger partial charge on any atom is 0.245 e. The molecule has 0 bridgehead atoms. The summed E-state index contributed by atoms with van der Waals surface area (Å²) in [5.74, 6) is 0.960. The molecule has 0 aromatic heterocycles.